The number of carboxylic acids is 1. The molecule has 0 unspecified atom stereocenters. The lowest BCUT2D eigenvalue weighted by atomic mass is 10.1. The summed E-state index contributed by atoms with van der Waals surface area (Å²) in [6.45, 7) is 3.74. The molecule has 2 aromatic rings. The second kappa shape index (κ2) is 5.85. The SMILES string of the molecule is Cc1cc(Cl)cc(C)c1Oc1ccc(Br)cc1C(=O)O. The van der Waals surface area contributed by atoms with Gasteiger partial charge in [0.05, 0.1) is 0 Å². The molecule has 3 nitrogen and oxygen atoms in total. The zero-order valence-corrected chi connectivity index (χ0v) is 13.2. The molecule has 0 amide bonds. The third-order valence-electron chi connectivity index (χ3n) is 2.81. The minimum Gasteiger partial charge on any atom is -0.478 e. The molecule has 2 aromatic carbocycles. The van der Waals surface area contributed by atoms with Crippen molar-refractivity contribution < 1.29 is 14.6 Å². The highest BCUT2D eigenvalue weighted by Crippen LogP contribution is 2.34. The molecular weight excluding hydrogens is 344 g/mol. The molecule has 0 aliphatic heterocycles. The Kier molecular flexibility index (Phi) is 4.35. The van der Waals surface area contributed by atoms with Crippen molar-refractivity contribution >= 4 is 33.5 Å². The van der Waals surface area contributed by atoms with Gasteiger partial charge in [-0.15, -0.1) is 0 Å². The number of hydrogen-bond donors (Lipinski definition) is 1. The molecule has 2 rings (SSSR count). The number of benzene rings is 2. The summed E-state index contributed by atoms with van der Waals surface area (Å²) in [4.78, 5) is 11.3. The van der Waals surface area contributed by atoms with E-state index in [1.807, 2.05) is 13.8 Å². The van der Waals surface area contributed by atoms with Crippen LogP contribution in [0.3, 0.4) is 0 Å². The fourth-order valence-electron chi connectivity index (χ4n) is 1.93. The molecule has 104 valence electrons. The van der Waals surface area contributed by atoms with Gasteiger partial charge in [0, 0.05) is 9.50 Å². The molecule has 0 aromatic heterocycles. The fraction of sp³-hybridized carbons (Fsp3) is 0.133. The first kappa shape index (κ1) is 14.9. The standard InChI is InChI=1S/C15H12BrClO3/c1-8-5-11(17)6-9(2)14(8)20-13-4-3-10(16)7-12(13)15(18)19/h3-7H,1-2H3,(H,18,19). The Morgan fingerprint density at radius 3 is 2.35 bits per heavy atom. The van der Waals surface area contributed by atoms with Gasteiger partial charge in [-0.25, -0.2) is 4.79 Å². The Morgan fingerprint density at radius 2 is 1.80 bits per heavy atom. The maximum Gasteiger partial charge on any atom is 0.339 e. The summed E-state index contributed by atoms with van der Waals surface area (Å²) in [7, 11) is 0. The number of carboxylic acid groups (broad SMARTS) is 1. The average molecular weight is 356 g/mol. The summed E-state index contributed by atoms with van der Waals surface area (Å²) >= 11 is 9.22. The van der Waals surface area contributed by atoms with E-state index in [4.69, 9.17) is 16.3 Å². The summed E-state index contributed by atoms with van der Waals surface area (Å²) in [5.41, 5.74) is 1.82. The molecule has 0 fully saturated rings. The van der Waals surface area contributed by atoms with Crippen molar-refractivity contribution in [1.82, 2.24) is 0 Å². The van der Waals surface area contributed by atoms with Crippen LogP contribution in [0.5, 0.6) is 11.5 Å². The monoisotopic (exact) mass is 354 g/mol. The van der Waals surface area contributed by atoms with Gasteiger partial charge < -0.3 is 9.84 Å². The molecule has 5 heteroatoms. The summed E-state index contributed by atoms with van der Waals surface area (Å²) in [5.74, 6) is -0.112. The molecule has 0 atom stereocenters. The van der Waals surface area contributed by atoms with Crippen LogP contribution in [0.1, 0.15) is 21.5 Å². The predicted octanol–water partition coefficient (Wildman–Crippen LogP) is 5.21. The first-order valence-electron chi connectivity index (χ1n) is 5.86. The molecule has 0 aliphatic carbocycles. The molecule has 0 spiro atoms. The van der Waals surface area contributed by atoms with E-state index in [9.17, 15) is 9.90 Å². The van der Waals surface area contributed by atoms with Crippen LogP contribution in [0.15, 0.2) is 34.8 Å². The topological polar surface area (TPSA) is 46.5 Å². The summed E-state index contributed by atoms with van der Waals surface area (Å²) < 4.78 is 6.47. The number of ether oxygens (including phenoxy) is 1. The van der Waals surface area contributed by atoms with E-state index < -0.39 is 5.97 Å². The van der Waals surface area contributed by atoms with Crippen molar-refractivity contribution in [2.24, 2.45) is 0 Å². The van der Waals surface area contributed by atoms with Crippen LogP contribution >= 0.6 is 27.5 Å². The fourth-order valence-corrected chi connectivity index (χ4v) is 2.62. The Labute approximate surface area is 130 Å². The second-order valence-corrected chi connectivity index (χ2v) is 5.77. The highest BCUT2D eigenvalue weighted by molar-refractivity contribution is 9.10. The molecule has 1 N–H and O–H groups in total. The molecule has 0 aliphatic rings. The van der Waals surface area contributed by atoms with Crippen molar-refractivity contribution in [2.75, 3.05) is 0 Å². The van der Waals surface area contributed by atoms with Crippen molar-refractivity contribution in [3.8, 4) is 11.5 Å². The van der Waals surface area contributed by atoms with Gasteiger partial charge in [-0.3, -0.25) is 0 Å². The minimum atomic E-state index is -1.04. The Bertz CT molecular complexity index is 660. The van der Waals surface area contributed by atoms with Gasteiger partial charge in [0.2, 0.25) is 0 Å². The van der Waals surface area contributed by atoms with Crippen LogP contribution in [-0.2, 0) is 0 Å². The van der Waals surface area contributed by atoms with Gasteiger partial charge in [-0.1, -0.05) is 27.5 Å². The largest absolute Gasteiger partial charge is 0.478 e. The molecular formula is C15H12BrClO3. The van der Waals surface area contributed by atoms with Gasteiger partial charge in [0.1, 0.15) is 17.1 Å². The van der Waals surface area contributed by atoms with Gasteiger partial charge in [-0.2, -0.15) is 0 Å². The smallest absolute Gasteiger partial charge is 0.339 e. The number of hydrogen-bond acceptors (Lipinski definition) is 2. The van der Waals surface area contributed by atoms with E-state index in [1.54, 1.807) is 24.3 Å². The number of aromatic carboxylic acids is 1. The summed E-state index contributed by atoms with van der Waals surface area (Å²) in [6, 6.07) is 8.44. The van der Waals surface area contributed by atoms with Crippen LogP contribution in [0, 0.1) is 13.8 Å². The van der Waals surface area contributed by atoms with Crippen LogP contribution in [0.4, 0.5) is 0 Å². The van der Waals surface area contributed by atoms with Crippen molar-refractivity contribution in [1.29, 1.82) is 0 Å². The first-order valence-corrected chi connectivity index (χ1v) is 7.03. The van der Waals surface area contributed by atoms with Crippen LogP contribution in [0.2, 0.25) is 5.02 Å². The third kappa shape index (κ3) is 3.14. The minimum absolute atomic E-state index is 0.105. The molecule has 0 radical (unpaired) electrons. The van der Waals surface area contributed by atoms with Crippen LogP contribution < -0.4 is 4.74 Å². The number of rotatable bonds is 3. The Balaban J connectivity index is 2.48. The quantitative estimate of drug-likeness (QED) is 0.822. The Morgan fingerprint density at radius 1 is 1.20 bits per heavy atom. The second-order valence-electron chi connectivity index (χ2n) is 4.42. The van der Waals surface area contributed by atoms with E-state index in [1.165, 1.54) is 6.07 Å². The van der Waals surface area contributed by atoms with E-state index >= 15 is 0 Å². The van der Waals surface area contributed by atoms with E-state index in [2.05, 4.69) is 15.9 Å². The zero-order valence-electron chi connectivity index (χ0n) is 10.9. The van der Waals surface area contributed by atoms with Gasteiger partial charge in [0.15, 0.2) is 0 Å². The number of carbonyl (C=O) groups is 1. The van der Waals surface area contributed by atoms with E-state index in [0.29, 0.717) is 21.0 Å². The van der Waals surface area contributed by atoms with Gasteiger partial charge >= 0.3 is 5.97 Å². The first-order chi connectivity index (χ1) is 9.38. The molecule has 0 bridgehead atoms. The third-order valence-corrected chi connectivity index (χ3v) is 3.52. The molecule has 0 heterocycles. The lowest BCUT2D eigenvalue weighted by molar-refractivity contribution is 0.0694. The van der Waals surface area contributed by atoms with Crippen LogP contribution in [-0.4, -0.2) is 11.1 Å². The molecule has 0 saturated carbocycles. The Hall–Kier alpha value is -1.52. The zero-order chi connectivity index (χ0) is 14.9. The predicted molar refractivity (Wildman–Crippen MR) is 82.1 cm³/mol. The highest BCUT2D eigenvalue weighted by atomic mass is 79.9. The summed E-state index contributed by atoms with van der Waals surface area (Å²) in [6.07, 6.45) is 0. The highest BCUT2D eigenvalue weighted by Gasteiger charge is 2.15. The van der Waals surface area contributed by atoms with Crippen molar-refractivity contribution in [2.45, 2.75) is 13.8 Å². The van der Waals surface area contributed by atoms with E-state index in [-0.39, 0.29) is 5.56 Å². The lowest BCUT2D eigenvalue weighted by Gasteiger charge is -2.14. The van der Waals surface area contributed by atoms with Crippen molar-refractivity contribution in [3.63, 3.8) is 0 Å². The molecule has 0 saturated heterocycles. The van der Waals surface area contributed by atoms with Crippen molar-refractivity contribution in [3.05, 3.63) is 56.5 Å². The van der Waals surface area contributed by atoms with Crippen LogP contribution in [0.25, 0.3) is 0 Å². The van der Waals surface area contributed by atoms with Gasteiger partial charge in [0.25, 0.3) is 0 Å². The maximum atomic E-state index is 11.3. The maximum absolute atomic E-state index is 11.3. The molecule has 20 heavy (non-hydrogen) atoms. The summed E-state index contributed by atoms with van der Waals surface area (Å²) in [5, 5.41) is 9.86. The number of aryl methyl sites for hydroxylation is 2. The lowest BCUT2D eigenvalue weighted by Crippen LogP contribution is -2.01. The van der Waals surface area contributed by atoms with E-state index in [0.717, 1.165) is 11.1 Å². The average Bonchev–Trinajstić information content (AvgIpc) is 2.34. The van der Waals surface area contributed by atoms with Gasteiger partial charge in [-0.05, 0) is 55.3 Å². The normalized spacial score (nSPS) is 10.4. The number of halogens is 2.